The van der Waals surface area contributed by atoms with Gasteiger partial charge in [0.05, 0.1) is 5.92 Å². The van der Waals surface area contributed by atoms with Crippen LogP contribution in [0, 0.1) is 5.92 Å². The molecule has 2 heterocycles. The minimum Gasteiger partial charge on any atom is -0.353 e. The molecule has 1 aliphatic rings. The van der Waals surface area contributed by atoms with Crippen molar-refractivity contribution in [1.29, 1.82) is 0 Å². The molecule has 1 fully saturated rings. The number of hydrogen-bond acceptors (Lipinski definition) is 3. The number of carbonyl (C=O) groups is 1. The standard InChI is InChI=1S/C13H20N2OS/c1-10(8-12-5-3-7-17-12)15-13(16)11-4-2-6-14-9-11/h3,5,7,10-11,14H,2,4,6,8-9H2,1H3,(H,15,16). The Labute approximate surface area is 107 Å². The molecule has 0 bridgehead atoms. The lowest BCUT2D eigenvalue weighted by molar-refractivity contribution is -0.126. The second kappa shape index (κ2) is 6.17. The maximum atomic E-state index is 12.0. The normalized spacial score (nSPS) is 22.1. The van der Waals surface area contributed by atoms with Crippen LogP contribution in [-0.4, -0.2) is 25.0 Å². The number of carbonyl (C=O) groups excluding carboxylic acids is 1. The number of piperidine rings is 1. The molecule has 0 aliphatic carbocycles. The van der Waals surface area contributed by atoms with Crippen molar-refractivity contribution in [3.05, 3.63) is 22.4 Å². The fourth-order valence-corrected chi connectivity index (χ4v) is 3.05. The van der Waals surface area contributed by atoms with Gasteiger partial charge in [-0.15, -0.1) is 11.3 Å². The van der Waals surface area contributed by atoms with Crippen LogP contribution in [0.3, 0.4) is 0 Å². The van der Waals surface area contributed by atoms with Gasteiger partial charge in [-0.25, -0.2) is 0 Å². The highest BCUT2D eigenvalue weighted by atomic mass is 32.1. The quantitative estimate of drug-likeness (QED) is 0.858. The highest BCUT2D eigenvalue weighted by Crippen LogP contribution is 2.13. The summed E-state index contributed by atoms with van der Waals surface area (Å²) in [4.78, 5) is 13.3. The number of rotatable bonds is 4. The fraction of sp³-hybridized carbons (Fsp3) is 0.615. The number of hydrogen-bond donors (Lipinski definition) is 2. The molecule has 2 N–H and O–H groups in total. The Morgan fingerprint density at radius 2 is 2.59 bits per heavy atom. The van der Waals surface area contributed by atoms with E-state index in [1.807, 2.05) is 0 Å². The summed E-state index contributed by atoms with van der Waals surface area (Å²) in [5, 5.41) is 8.47. The van der Waals surface area contributed by atoms with Gasteiger partial charge in [0.15, 0.2) is 0 Å². The van der Waals surface area contributed by atoms with E-state index >= 15 is 0 Å². The molecule has 0 spiro atoms. The van der Waals surface area contributed by atoms with Crippen molar-refractivity contribution < 1.29 is 4.79 Å². The third kappa shape index (κ3) is 3.82. The molecule has 1 amide bonds. The topological polar surface area (TPSA) is 41.1 Å². The lowest BCUT2D eigenvalue weighted by Crippen LogP contribution is -2.44. The summed E-state index contributed by atoms with van der Waals surface area (Å²) in [7, 11) is 0. The fourth-order valence-electron chi connectivity index (χ4n) is 2.22. The zero-order valence-electron chi connectivity index (χ0n) is 10.2. The first kappa shape index (κ1) is 12.6. The predicted molar refractivity (Wildman–Crippen MR) is 71.2 cm³/mol. The van der Waals surface area contributed by atoms with Crippen LogP contribution >= 0.6 is 11.3 Å². The van der Waals surface area contributed by atoms with Gasteiger partial charge in [0.25, 0.3) is 0 Å². The lowest BCUT2D eigenvalue weighted by Gasteiger charge is -2.23. The van der Waals surface area contributed by atoms with Gasteiger partial charge < -0.3 is 10.6 Å². The van der Waals surface area contributed by atoms with Crippen LogP contribution in [0.1, 0.15) is 24.6 Å². The Hall–Kier alpha value is -0.870. The molecule has 0 radical (unpaired) electrons. The third-order valence-electron chi connectivity index (χ3n) is 3.14. The second-order valence-corrected chi connectivity index (χ2v) is 5.77. The van der Waals surface area contributed by atoms with E-state index in [1.165, 1.54) is 4.88 Å². The Balaban J connectivity index is 1.77. The average Bonchev–Trinajstić information content (AvgIpc) is 2.82. The van der Waals surface area contributed by atoms with E-state index in [9.17, 15) is 4.79 Å². The lowest BCUT2D eigenvalue weighted by atomic mass is 9.98. The van der Waals surface area contributed by atoms with Crippen molar-refractivity contribution in [3.63, 3.8) is 0 Å². The van der Waals surface area contributed by atoms with Crippen LogP contribution in [-0.2, 0) is 11.2 Å². The van der Waals surface area contributed by atoms with Crippen molar-refractivity contribution in [2.24, 2.45) is 5.92 Å². The summed E-state index contributed by atoms with van der Waals surface area (Å²) in [6.07, 6.45) is 3.06. The highest BCUT2D eigenvalue weighted by Gasteiger charge is 2.21. The molecular formula is C13H20N2OS. The van der Waals surface area contributed by atoms with Crippen molar-refractivity contribution in [2.45, 2.75) is 32.2 Å². The summed E-state index contributed by atoms with van der Waals surface area (Å²) in [6.45, 7) is 3.96. The molecule has 1 saturated heterocycles. The van der Waals surface area contributed by atoms with Crippen molar-refractivity contribution in [3.8, 4) is 0 Å². The van der Waals surface area contributed by atoms with Crippen LogP contribution in [0.5, 0.6) is 0 Å². The molecule has 2 rings (SSSR count). The van der Waals surface area contributed by atoms with Gasteiger partial charge in [-0.3, -0.25) is 4.79 Å². The Kier molecular flexibility index (Phi) is 4.57. The molecule has 4 heteroatoms. The van der Waals surface area contributed by atoms with Crippen LogP contribution in [0.25, 0.3) is 0 Å². The zero-order valence-corrected chi connectivity index (χ0v) is 11.1. The molecule has 0 saturated carbocycles. The average molecular weight is 252 g/mol. The molecule has 17 heavy (non-hydrogen) atoms. The number of nitrogens with one attached hydrogen (secondary N) is 2. The Morgan fingerprint density at radius 1 is 1.71 bits per heavy atom. The zero-order chi connectivity index (χ0) is 12.1. The van der Waals surface area contributed by atoms with Gasteiger partial charge in [-0.1, -0.05) is 6.07 Å². The van der Waals surface area contributed by atoms with E-state index in [1.54, 1.807) is 11.3 Å². The van der Waals surface area contributed by atoms with Gasteiger partial charge in [0.1, 0.15) is 0 Å². The van der Waals surface area contributed by atoms with Crippen molar-refractivity contribution >= 4 is 17.2 Å². The van der Waals surface area contributed by atoms with Gasteiger partial charge >= 0.3 is 0 Å². The monoisotopic (exact) mass is 252 g/mol. The summed E-state index contributed by atoms with van der Waals surface area (Å²) >= 11 is 1.75. The van der Waals surface area contributed by atoms with Crippen LogP contribution in [0.2, 0.25) is 0 Å². The summed E-state index contributed by atoms with van der Waals surface area (Å²) in [5.74, 6) is 0.371. The first-order valence-electron chi connectivity index (χ1n) is 6.29. The van der Waals surface area contributed by atoms with Crippen molar-refractivity contribution in [2.75, 3.05) is 13.1 Å². The molecule has 94 valence electrons. The summed E-state index contributed by atoms with van der Waals surface area (Å²) < 4.78 is 0. The molecule has 1 aromatic heterocycles. The van der Waals surface area contributed by atoms with Gasteiger partial charge in [0.2, 0.25) is 5.91 Å². The van der Waals surface area contributed by atoms with Gasteiger partial charge in [-0.05, 0) is 37.8 Å². The molecule has 1 aliphatic heterocycles. The van der Waals surface area contributed by atoms with Crippen LogP contribution in [0.4, 0.5) is 0 Å². The minimum absolute atomic E-state index is 0.162. The van der Waals surface area contributed by atoms with E-state index in [-0.39, 0.29) is 17.9 Å². The maximum absolute atomic E-state index is 12.0. The molecule has 3 nitrogen and oxygen atoms in total. The maximum Gasteiger partial charge on any atom is 0.224 e. The largest absolute Gasteiger partial charge is 0.353 e. The minimum atomic E-state index is 0.162. The van der Waals surface area contributed by atoms with E-state index in [2.05, 4.69) is 35.1 Å². The molecule has 0 aromatic carbocycles. The number of amides is 1. The second-order valence-electron chi connectivity index (χ2n) is 4.74. The molecular weight excluding hydrogens is 232 g/mol. The summed E-state index contributed by atoms with van der Waals surface area (Å²) in [6, 6.07) is 4.40. The number of thiophene rings is 1. The van der Waals surface area contributed by atoms with E-state index in [0.29, 0.717) is 0 Å². The predicted octanol–water partition coefficient (Wildman–Crippen LogP) is 1.79. The highest BCUT2D eigenvalue weighted by molar-refractivity contribution is 7.09. The van der Waals surface area contributed by atoms with Crippen molar-refractivity contribution in [1.82, 2.24) is 10.6 Å². The van der Waals surface area contributed by atoms with Crippen LogP contribution in [0.15, 0.2) is 17.5 Å². The Morgan fingerprint density at radius 3 is 3.24 bits per heavy atom. The smallest absolute Gasteiger partial charge is 0.224 e. The SMILES string of the molecule is CC(Cc1cccs1)NC(=O)C1CCCNC1. The van der Waals surface area contributed by atoms with E-state index in [0.717, 1.165) is 32.4 Å². The third-order valence-corrected chi connectivity index (χ3v) is 4.04. The Bertz CT molecular complexity index is 344. The van der Waals surface area contributed by atoms with Crippen LogP contribution < -0.4 is 10.6 Å². The first-order chi connectivity index (χ1) is 8.25. The van der Waals surface area contributed by atoms with E-state index < -0.39 is 0 Å². The summed E-state index contributed by atoms with van der Waals surface area (Å²) in [5.41, 5.74) is 0. The first-order valence-corrected chi connectivity index (χ1v) is 7.17. The molecule has 2 atom stereocenters. The molecule has 2 unspecified atom stereocenters. The van der Waals surface area contributed by atoms with Gasteiger partial charge in [-0.2, -0.15) is 0 Å². The van der Waals surface area contributed by atoms with E-state index in [4.69, 9.17) is 0 Å². The van der Waals surface area contributed by atoms with Gasteiger partial charge in [0, 0.05) is 23.9 Å². The molecule has 1 aromatic rings.